The fourth-order valence-electron chi connectivity index (χ4n) is 2.94. The van der Waals surface area contributed by atoms with E-state index in [2.05, 4.69) is 21.2 Å². The number of pyridine rings is 1. The van der Waals surface area contributed by atoms with Crippen molar-refractivity contribution in [3.63, 3.8) is 0 Å². The van der Waals surface area contributed by atoms with Gasteiger partial charge in [-0.1, -0.05) is 58.5 Å². The number of nitrogens with zero attached hydrogens (tertiary/aromatic N) is 1. The van der Waals surface area contributed by atoms with Crippen molar-refractivity contribution in [2.24, 2.45) is 0 Å². The lowest BCUT2D eigenvalue weighted by atomic mass is 10.1. The molecule has 0 radical (unpaired) electrons. The van der Waals surface area contributed by atoms with Gasteiger partial charge in [0.1, 0.15) is 0 Å². The molecule has 0 amide bonds. The minimum atomic E-state index is -0.222. The third-order valence-corrected chi connectivity index (χ3v) is 5.69. The number of benzene rings is 2. The maximum atomic E-state index is 13.5. The molecular formula is C23H21BrN2O2S. The normalized spacial score (nSPS) is 11.7. The van der Waals surface area contributed by atoms with E-state index in [0.717, 1.165) is 16.8 Å². The number of thiocarbonyl (C=S) groups is 1. The monoisotopic (exact) mass is 468 g/mol. The number of aliphatic hydroxyl groups is 1. The summed E-state index contributed by atoms with van der Waals surface area (Å²) >= 11 is 9.13. The molecule has 3 aromatic rings. The van der Waals surface area contributed by atoms with E-state index in [9.17, 15) is 10.2 Å². The van der Waals surface area contributed by atoms with Crippen LogP contribution in [0.1, 0.15) is 22.3 Å². The number of aryl methyl sites for hydroxylation is 1. The number of nitrogens with one attached hydrogen (secondary N) is 1. The molecule has 148 valence electrons. The highest BCUT2D eigenvalue weighted by molar-refractivity contribution is 9.10. The zero-order valence-electron chi connectivity index (χ0n) is 16.1. The number of aromatic nitrogens is 1. The zero-order chi connectivity index (χ0) is 21.0. The van der Waals surface area contributed by atoms with Crippen LogP contribution in [0.25, 0.3) is 11.5 Å². The van der Waals surface area contributed by atoms with E-state index in [1.807, 2.05) is 50.2 Å². The summed E-state index contributed by atoms with van der Waals surface area (Å²) in [4.78, 5) is 0.305. The molecule has 1 heterocycles. The van der Waals surface area contributed by atoms with Gasteiger partial charge in [0.15, 0.2) is 17.4 Å². The van der Waals surface area contributed by atoms with Crippen molar-refractivity contribution in [2.75, 3.05) is 5.32 Å². The van der Waals surface area contributed by atoms with E-state index in [1.54, 1.807) is 35.2 Å². The first-order chi connectivity index (χ1) is 13.9. The van der Waals surface area contributed by atoms with Gasteiger partial charge in [-0.2, -0.15) is 4.57 Å². The molecule has 0 spiro atoms. The third-order valence-electron chi connectivity index (χ3n) is 4.70. The molecule has 0 fully saturated rings. The van der Waals surface area contributed by atoms with Crippen LogP contribution in [0.3, 0.4) is 0 Å². The number of aliphatic hydroxyl groups excluding tert-OH is 1. The van der Waals surface area contributed by atoms with Gasteiger partial charge in [-0.05, 0) is 54.5 Å². The van der Waals surface area contributed by atoms with Gasteiger partial charge in [-0.15, -0.1) is 0 Å². The Kier molecular flexibility index (Phi) is 6.79. The summed E-state index contributed by atoms with van der Waals surface area (Å²) < 4.78 is 2.35. The van der Waals surface area contributed by atoms with Crippen LogP contribution in [0.5, 0.6) is 0 Å². The molecule has 0 aliphatic carbocycles. The van der Waals surface area contributed by atoms with Crippen molar-refractivity contribution in [3.05, 3.63) is 93.7 Å². The van der Waals surface area contributed by atoms with Crippen LogP contribution in [0.15, 0.2) is 71.5 Å². The second-order valence-electron chi connectivity index (χ2n) is 6.64. The van der Waals surface area contributed by atoms with E-state index in [0.29, 0.717) is 26.3 Å². The van der Waals surface area contributed by atoms with Gasteiger partial charge in [0, 0.05) is 21.8 Å². The van der Waals surface area contributed by atoms with Crippen LogP contribution in [0.4, 0.5) is 5.69 Å². The predicted molar refractivity (Wildman–Crippen MR) is 122 cm³/mol. The Morgan fingerprint density at radius 3 is 2.59 bits per heavy atom. The Morgan fingerprint density at radius 2 is 1.86 bits per heavy atom. The van der Waals surface area contributed by atoms with Crippen LogP contribution in [0, 0.1) is 13.8 Å². The SMILES string of the molecule is Cc1cccc(NC(=S)/C(=C(\[O-])c2ccccc2Br)[n+]2cccc(CO)c2)c1C. The van der Waals surface area contributed by atoms with Crippen molar-refractivity contribution in [2.45, 2.75) is 20.5 Å². The molecule has 0 bridgehead atoms. The summed E-state index contributed by atoms with van der Waals surface area (Å²) in [7, 11) is 0. The molecule has 0 aliphatic heterocycles. The molecule has 0 atom stereocenters. The molecule has 2 aromatic carbocycles. The quantitative estimate of drug-likeness (QED) is 0.257. The van der Waals surface area contributed by atoms with Crippen molar-refractivity contribution in [1.29, 1.82) is 0 Å². The van der Waals surface area contributed by atoms with E-state index < -0.39 is 0 Å². The minimum absolute atomic E-state index is 0.130. The lowest BCUT2D eigenvalue weighted by molar-refractivity contribution is -0.578. The predicted octanol–water partition coefficient (Wildman–Crippen LogP) is 3.97. The summed E-state index contributed by atoms with van der Waals surface area (Å²) in [6, 6.07) is 16.7. The maximum absolute atomic E-state index is 13.5. The molecule has 29 heavy (non-hydrogen) atoms. The van der Waals surface area contributed by atoms with Crippen LogP contribution in [-0.2, 0) is 6.61 Å². The minimum Gasteiger partial charge on any atom is -0.867 e. The Labute approximate surface area is 184 Å². The topological polar surface area (TPSA) is 59.2 Å². The van der Waals surface area contributed by atoms with Crippen LogP contribution >= 0.6 is 28.1 Å². The Hall–Kier alpha value is -2.54. The molecule has 4 nitrogen and oxygen atoms in total. The van der Waals surface area contributed by atoms with Gasteiger partial charge in [-0.25, -0.2) is 0 Å². The van der Waals surface area contributed by atoms with Gasteiger partial charge in [0.05, 0.1) is 6.61 Å². The lowest BCUT2D eigenvalue weighted by Crippen LogP contribution is -2.40. The Balaban J connectivity index is 2.14. The highest BCUT2D eigenvalue weighted by atomic mass is 79.9. The number of hydrogen-bond donors (Lipinski definition) is 2. The number of anilines is 1. The molecule has 0 saturated heterocycles. The first kappa shape index (κ1) is 21.2. The van der Waals surface area contributed by atoms with E-state index in [4.69, 9.17) is 12.2 Å². The van der Waals surface area contributed by atoms with E-state index in [-0.39, 0.29) is 12.4 Å². The standard InChI is InChI=1S/C23H21BrN2O2S/c1-15-7-5-11-20(16(15)2)25-23(29)21(26-12-6-8-17(13-26)14-27)22(28)18-9-3-4-10-19(18)24/h3-13,27H,14H2,1-2H3,(H-,25,28,29). The molecule has 3 rings (SSSR count). The average molecular weight is 469 g/mol. The van der Waals surface area contributed by atoms with Crippen LogP contribution in [0.2, 0.25) is 0 Å². The van der Waals surface area contributed by atoms with Crippen molar-refractivity contribution < 1.29 is 14.8 Å². The fourth-order valence-corrected chi connectivity index (χ4v) is 3.71. The van der Waals surface area contributed by atoms with Gasteiger partial charge in [0.25, 0.3) is 0 Å². The third kappa shape index (κ3) is 4.72. The largest absolute Gasteiger partial charge is 0.867 e. The first-order valence-corrected chi connectivity index (χ1v) is 10.3. The van der Waals surface area contributed by atoms with Crippen molar-refractivity contribution in [1.82, 2.24) is 0 Å². The highest BCUT2D eigenvalue weighted by Crippen LogP contribution is 2.25. The molecule has 1 aromatic heterocycles. The Bertz CT molecular complexity index is 1100. The van der Waals surface area contributed by atoms with E-state index in [1.165, 1.54) is 0 Å². The zero-order valence-corrected chi connectivity index (χ0v) is 18.5. The summed E-state index contributed by atoms with van der Waals surface area (Å²) in [5.41, 5.74) is 4.55. The molecule has 6 heteroatoms. The van der Waals surface area contributed by atoms with Crippen LogP contribution < -0.4 is 15.0 Å². The number of hydrogen-bond acceptors (Lipinski definition) is 3. The summed E-state index contributed by atoms with van der Waals surface area (Å²) in [6.07, 6.45) is 3.46. The fraction of sp³-hybridized carbons (Fsp3) is 0.130. The lowest BCUT2D eigenvalue weighted by Gasteiger charge is -2.19. The summed E-state index contributed by atoms with van der Waals surface area (Å²) in [5.74, 6) is -0.222. The average Bonchev–Trinajstić information content (AvgIpc) is 2.72. The Morgan fingerprint density at radius 1 is 1.10 bits per heavy atom. The molecule has 0 unspecified atom stereocenters. The molecular weight excluding hydrogens is 448 g/mol. The van der Waals surface area contributed by atoms with Crippen LogP contribution in [-0.4, -0.2) is 10.1 Å². The summed E-state index contributed by atoms with van der Waals surface area (Å²) in [6.45, 7) is 3.91. The maximum Gasteiger partial charge on any atom is 0.238 e. The van der Waals surface area contributed by atoms with Crippen molar-refractivity contribution in [3.8, 4) is 0 Å². The van der Waals surface area contributed by atoms with Gasteiger partial charge in [0.2, 0.25) is 5.70 Å². The number of rotatable bonds is 5. The molecule has 0 aliphatic rings. The second kappa shape index (κ2) is 9.31. The van der Waals surface area contributed by atoms with Gasteiger partial charge >= 0.3 is 0 Å². The molecule has 0 saturated carbocycles. The highest BCUT2D eigenvalue weighted by Gasteiger charge is 2.21. The second-order valence-corrected chi connectivity index (χ2v) is 7.90. The van der Waals surface area contributed by atoms with E-state index >= 15 is 0 Å². The summed E-state index contributed by atoms with van der Waals surface area (Å²) in [5, 5.41) is 26.2. The van der Waals surface area contributed by atoms with Gasteiger partial charge in [-0.3, -0.25) is 0 Å². The van der Waals surface area contributed by atoms with Crippen molar-refractivity contribution >= 4 is 50.3 Å². The molecule has 2 N–H and O–H groups in total. The smallest absolute Gasteiger partial charge is 0.238 e. The van der Waals surface area contributed by atoms with Gasteiger partial charge < -0.3 is 15.5 Å². The first-order valence-electron chi connectivity index (χ1n) is 9.07. The number of halogens is 1.